The molecule has 3 rings (SSSR count). The minimum atomic E-state index is 0.260. The van der Waals surface area contributed by atoms with Crippen molar-refractivity contribution in [2.45, 2.75) is 19.8 Å². The lowest BCUT2D eigenvalue weighted by molar-refractivity contribution is 0.416. The van der Waals surface area contributed by atoms with Gasteiger partial charge in [-0.15, -0.1) is 0 Å². The van der Waals surface area contributed by atoms with Crippen molar-refractivity contribution in [1.29, 1.82) is 0 Å². The molecule has 0 heterocycles. The normalized spacial score (nSPS) is 20.8. The smallest absolute Gasteiger partial charge is 0.142 e. The molecule has 0 aliphatic heterocycles. The van der Waals surface area contributed by atoms with Crippen LogP contribution in [0, 0.1) is 11.3 Å². The Morgan fingerprint density at radius 1 is 1.20 bits per heavy atom. The zero-order valence-electron chi connectivity index (χ0n) is 14.7. The summed E-state index contributed by atoms with van der Waals surface area (Å²) in [6, 6.07) is 14.2. The topological polar surface area (TPSA) is 59.3 Å². The molecule has 25 heavy (non-hydrogen) atoms. The van der Waals surface area contributed by atoms with Crippen LogP contribution in [0.4, 0.5) is 11.4 Å². The Bertz CT molecular complexity index is 736. The Balaban J connectivity index is 1.68. The maximum absolute atomic E-state index is 6.11. The first-order valence-corrected chi connectivity index (χ1v) is 9.52. The monoisotopic (exact) mass is 377 g/mol. The second-order valence-electron chi connectivity index (χ2n) is 6.97. The van der Waals surface area contributed by atoms with Crippen molar-refractivity contribution in [2.24, 2.45) is 16.5 Å². The summed E-state index contributed by atoms with van der Waals surface area (Å²) in [5.74, 6) is 1.90. The Hall–Kier alpha value is -1.56. The van der Waals surface area contributed by atoms with Gasteiger partial charge in [-0.1, -0.05) is 37.6 Å². The number of hydrogen-bond acceptors (Lipinski definition) is 5. The first-order chi connectivity index (χ1) is 12.0. The van der Waals surface area contributed by atoms with Crippen molar-refractivity contribution in [3.63, 3.8) is 0 Å². The van der Waals surface area contributed by atoms with Gasteiger partial charge in [0.05, 0.1) is 12.8 Å². The van der Waals surface area contributed by atoms with Crippen molar-refractivity contribution in [1.82, 2.24) is 0 Å². The molecule has 0 saturated heterocycles. The number of nitrogens with one attached hydrogen (secondary N) is 2. The van der Waals surface area contributed by atoms with Crippen molar-refractivity contribution in [3.8, 4) is 5.75 Å². The molecule has 4 N–H and O–H groups in total. The van der Waals surface area contributed by atoms with E-state index in [1.807, 2.05) is 18.2 Å². The van der Waals surface area contributed by atoms with Crippen LogP contribution in [0.15, 0.2) is 42.5 Å². The lowest BCUT2D eigenvalue weighted by atomic mass is 10.0. The van der Waals surface area contributed by atoms with Gasteiger partial charge in [-0.3, -0.25) is 5.14 Å². The van der Waals surface area contributed by atoms with Crippen molar-refractivity contribution < 1.29 is 4.74 Å². The van der Waals surface area contributed by atoms with Crippen LogP contribution in [0.5, 0.6) is 5.75 Å². The molecule has 1 saturated carbocycles. The van der Waals surface area contributed by atoms with Crippen LogP contribution in [0.2, 0.25) is 5.02 Å². The average molecular weight is 378 g/mol. The first kappa shape index (κ1) is 18.2. The molecule has 4 nitrogen and oxygen atoms in total. The SMILES string of the molecule is COc1ccc(Cl)cc1NCC1C(c2ccc(NSN)cc2)C1(C)C. The van der Waals surface area contributed by atoms with Gasteiger partial charge in [-0.05, 0) is 53.1 Å². The van der Waals surface area contributed by atoms with Crippen LogP contribution >= 0.6 is 23.7 Å². The highest BCUT2D eigenvalue weighted by Crippen LogP contribution is 2.64. The van der Waals surface area contributed by atoms with Gasteiger partial charge in [-0.2, -0.15) is 0 Å². The predicted octanol–water partition coefficient (Wildman–Crippen LogP) is 5.13. The molecule has 6 heteroatoms. The fraction of sp³-hybridized carbons (Fsp3) is 0.368. The number of ether oxygens (including phenoxy) is 1. The van der Waals surface area contributed by atoms with Gasteiger partial charge in [0.1, 0.15) is 5.75 Å². The molecule has 0 spiro atoms. The van der Waals surface area contributed by atoms with Crippen LogP contribution in [-0.2, 0) is 0 Å². The minimum absolute atomic E-state index is 0.260. The molecule has 0 radical (unpaired) electrons. The Morgan fingerprint density at radius 3 is 2.56 bits per heavy atom. The summed E-state index contributed by atoms with van der Waals surface area (Å²) in [6.45, 7) is 5.52. The Kier molecular flexibility index (Phi) is 5.37. The van der Waals surface area contributed by atoms with Gasteiger partial charge < -0.3 is 14.8 Å². The van der Waals surface area contributed by atoms with Gasteiger partial charge in [0.2, 0.25) is 0 Å². The lowest BCUT2D eigenvalue weighted by Gasteiger charge is -2.12. The maximum Gasteiger partial charge on any atom is 0.142 e. The molecule has 1 fully saturated rings. The van der Waals surface area contributed by atoms with Crippen LogP contribution in [0.1, 0.15) is 25.3 Å². The number of anilines is 2. The van der Waals surface area contributed by atoms with E-state index in [0.29, 0.717) is 16.9 Å². The lowest BCUT2D eigenvalue weighted by Crippen LogP contribution is -2.08. The predicted molar refractivity (Wildman–Crippen MR) is 108 cm³/mol. The summed E-state index contributed by atoms with van der Waals surface area (Å²) in [7, 11) is 1.67. The number of hydrogen-bond donors (Lipinski definition) is 3. The van der Waals surface area contributed by atoms with E-state index in [1.54, 1.807) is 7.11 Å². The molecule has 2 aromatic carbocycles. The van der Waals surface area contributed by atoms with Gasteiger partial charge in [0, 0.05) is 29.4 Å². The summed E-state index contributed by atoms with van der Waals surface area (Å²) < 4.78 is 8.46. The molecule has 0 amide bonds. The first-order valence-electron chi connectivity index (χ1n) is 8.26. The molecule has 2 atom stereocenters. The van der Waals surface area contributed by atoms with Crippen LogP contribution in [-0.4, -0.2) is 13.7 Å². The highest BCUT2D eigenvalue weighted by molar-refractivity contribution is 7.98. The number of methoxy groups -OCH3 is 1. The maximum atomic E-state index is 6.11. The summed E-state index contributed by atoms with van der Waals surface area (Å²) >= 11 is 7.23. The highest BCUT2D eigenvalue weighted by Gasteiger charge is 2.57. The van der Waals surface area contributed by atoms with E-state index in [4.69, 9.17) is 21.5 Å². The number of halogens is 1. The summed E-state index contributed by atoms with van der Waals surface area (Å²) in [4.78, 5) is 0. The minimum Gasteiger partial charge on any atom is -0.495 e. The fourth-order valence-electron chi connectivity index (χ4n) is 3.65. The van der Waals surface area contributed by atoms with Crippen LogP contribution in [0.3, 0.4) is 0 Å². The molecule has 134 valence electrons. The molecule has 0 bridgehead atoms. The second-order valence-corrected chi connectivity index (χ2v) is 7.85. The van der Waals surface area contributed by atoms with E-state index in [-0.39, 0.29) is 5.41 Å². The third-order valence-corrected chi connectivity index (χ3v) is 5.76. The third-order valence-electron chi connectivity index (χ3n) is 5.17. The summed E-state index contributed by atoms with van der Waals surface area (Å²) in [5, 5.41) is 9.66. The summed E-state index contributed by atoms with van der Waals surface area (Å²) in [5.41, 5.74) is 3.59. The van der Waals surface area contributed by atoms with Crippen molar-refractivity contribution >= 4 is 35.1 Å². The van der Waals surface area contributed by atoms with Gasteiger partial charge in [-0.25, -0.2) is 0 Å². The molecule has 2 aromatic rings. The molecule has 1 aliphatic rings. The van der Waals surface area contributed by atoms with Crippen molar-refractivity contribution in [2.75, 3.05) is 23.7 Å². The van der Waals surface area contributed by atoms with Crippen LogP contribution in [0.25, 0.3) is 0 Å². The third kappa shape index (κ3) is 3.84. The Morgan fingerprint density at radius 2 is 1.92 bits per heavy atom. The average Bonchev–Trinajstić information content (AvgIpc) is 3.15. The number of nitrogens with two attached hydrogens (primary N) is 1. The van der Waals surface area contributed by atoms with Gasteiger partial charge in [0.25, 0.3) is 0 Å². The highest BCUT2D eigenvalue weighted by atomic mass is 35.5. The zero-order valence-corrected chi connectivity index (χ0v) is 16.2. The largest absolute Gasteiger partial charge is 0.495 e. The van der Waals surface area contributed by atoms with E-state index in [0.717, 1.165) is 35.8 Å². The van der Waals surface area contributed by atoms with E-state index < -0.39 is 0 Å². The Labute approximate surface area is 158 Å². The molecule has 0 aromatic heterocycles. The van der Waals surface area contributed by atoms with E-state index in [1.165, 1.54) is 5.56 Å². The quantitative estimate of drug-likeness (QED) is 0.583. The molecule has 2 unspecified atom stereocenters. The number of rotatable bonds is 7. The van der Waals surface area contributed by atoms with E-state index >= 15 is 0 Å². The van der Waals surface area contributed by atoms with Crippen molar-refractivity contribution in [3.05, 3.63) is 53.1 Å². The molecule has 1 aliphatic carbocycles. The second kappa shape index (κ2) is 7.36. The standard InChI is InChI=1S/C19H24ClN3OS/c1-19(2)15(11-22-16-10-13(20)6-9-17(16)24-3)18(19)12-4-7-14(8-5-12)23-25-21/h4-10,15,18,22-23H,11,21H2,1-3H3. The van der Waals surface area contributed by atoms with Crippen LogP contribution < -0.4 is 19.9 Å². The fourth-order valence-corrected chi connectivity index (χ4v) is 4.10. The zero-order chi connectivity index (χ0) is 18.0. The van der Waals surface area contributed by atoms with Gasteiger partial charge >= 0.3 is 0 Å². The van der Waals surface area contributed by atoms with E-state index in [9.17, 15) is 0 Å². The molecular weight excluding hydrogens is 354 g/mol. The van der Waals surface area contributed by atoms with Gasteiger partial charge in [0.15, 0.2) is 0 Å². The molecular formula is C19H24ClN3OS. The van der Waals surface area contributed by atoms with E-state index in [2.05, 4.69) is 48.2 Å². The number of benzene rings is 2. The summed E-state index contributed by atoms with van der Waals surface area (Å²) in [6.07, 6.45) is 0.